The lowest BCUT2D eigenvalue weighted by molar-refractivity contribution is 0.0948. The van der Waals surface area contributed by atoms with Crippen LogP contribution in [0.2, 0.25) is 0 Å². The van der Waals surface area contributed by atoms with Crippen molar-refractivity contribution in [3.8, 4) is 11.6 Å². The Hall–Kier alpha value is -4.56. The Balaban J connectivity index is 1.55. The van der Waals surface area contributed by atoms with Crippen LogP contribution >= 0.6 is 0 Å². The number of carbonyl (C=O) groups is 1. The molecule has 0 saturated heterocycles. The van der Waals surface area contributed by atoms with Crippen molar-refractivity contribution in [1.82, 2.24) is 29.8 Å². The largest absolute Gasteiger partial charge is 0.435 e. The van der Waals surface area contributed by atoms with E-state index in [2.05, 4.69) is 35.4 Å². The van der Waals surface area contributed by atoms with E-state index in [1.165, 1.54) is 12.4 Å². The van der Waals surface area contributed by atoms with Crippen LogP contribution in [-0.2, 0) is 11.8 Å². The molecule has 4 aromatic heterocycles. The highest BCUT2D eigenvalue weighted by Gasteiger charge is 2.15. The molecule has 35 heavy (non-hydrogen) atoms. The van der Waals surface area contributed by atoms with Gasteiger partial charge in [0.05, 0.1) is 17.6 Å². The molecule has 0 spiro atoms. The molecular weight excluding hydrogens is 448 g/mol. The number of nitrogens with zero attached hydrogens (tertiary/aromatic N) is 6. The fourth-order valence-electron chi connectivity index (χ4n) is 3.29. The van der Waals surface area contributed by atoms with Gasteiger partial charge in [-0.2, -0.15) is 4.98 Å². The van der Waals surface area contributed by atoms with Gasteiger partial charge in [0.25, 0.3) is 11.7 Å². The first-order valence-corrected chi connectivity index (χ1v) is 10.8. The van der Waals surface area contributed by atoms with Gasteiger partial charge in [0.1, 0.15) is 11.3 Å². The maximum absolute atomic E-state index is 12.3. The van der Waals surface area contributed by atoms with Crippen LogP contribution in [-0.4, -0.2) is 50.7 Å². The Kier molecular flexibility index (Phi) is 7.13. The van der Waals surface area contributed by atoms with Gasteiger partial charge >= 0.3 is 0 Å². The van der Waals surface area contributed by atoms with Crippen LogP contribution in [0.15, 0.2) is 43.0 Å². The minimum absolute atomic E-state index is 0.194. The first-order valence-electron chi connectivity index (χ1n) is 10.8. The molecule has 4 heterocycles. The van der Waals surface area contributed by atoms with Gasteiger partial charge < -0.3 is 29.5 Å². The lowest BCUT2D eigenvalue weighted by Crippen LogP contribution is -2.25. The highest BCUT2D eigenvalue weighted by Crippen LogP contribution is 2.31. The number of carbonyl (C=O) groups excluding carboxylic acids is 1. The summed E-state index contributed by atoms with van der Waals surface area (Å²) >= 11 is 0. The van der Waals surface area contributed by atoms with Crippen LogP contribution in [0, 0.1) is 13.5 Å². The number of imidazole rings is 1. The smallest absolute Gasteiger partial charge is 0.269 e. The average molecular weight is 473 g/mol. The van der Waals surface area contributed by atoms with Gasteiger partial charge in [0, 0.05) is 39.6 Å². The normalized spacial score (nSPS) is 10.7. The zero-order valence-corrected chi connectivity index (χ0v) is 19.6. The predicted molar refractivity (Wildman–Crippen MR) is 130 cm³/mol. The Morgan fingerprint density at radius 3 is 2.77 bits per heavy atom. The number of methoxy groups -OCH3 is 1. The van der Waals surface area contributed by atoms with E-state index in [1.54, 1.807) is 42.3 Å². The molecular formula is C24H24N8O3. The monoisotopic (exact) mass is 472 g/mol. The lowest BCUT2D eigenvalue weighted by Gasteiger charge is -2.11. The lowest BCUT2D eigenvalue weighted by atomic mass is 10.2. The second kappa shape index (κ2) is 10.6. The van der Waals surface area contributed by atoms with E-state index in [-0.39, 0.29) is 5.91 Å². The summed E-state index contributed by atoms with van der Waals surface area (Å²) < 4.78 is 12.8. The van der Waals surface area contributed by atoms with Gasteiger partial charge in [0.15, 0.2) is 17.6 Å². The summed E-state index contributed by atoms with van der Waals surface area (Å²) in [7, 11) is 3.46. The Morgan fingerprint density at radius 1 is 1.20 bits per heavy atom. The number of ether oxygens (including phenoxy) is 2. The van der Waals surface area contributed by atoms with Crippen LogP contribution < -0.4 is 15.4 Å². The van der Waals surface area contributed by atoms with Crippen molar-refractivity contribution in [1.29, 1.82) is 0 Å². The number of pyridine rings is 3. The zero-order valence-electron chi connectivity index (χ0n) is 19.6. The molecule has 0 aliphatic rings. The van der Waals surface area contributed by atoms with Crippen LogP contribution in [0.3, 0.4) is 0 Å². The molecule has 0 radical (unpaired) electrons. The molecule has 11 nitrogen and oxygen atoms in total. The second-order valence-electron chi connectivity index (χ2n) is 7.72. The molecule has 4 rings (SSSR count). The number of hydrogen-bond donors (Lipinski definition) is 2. The standard InChI is InChI=1S/C24H24N8O3/c1-15-10-20(25-2)28-13-18(15)35-21-11-17(22-23(31-21)32(3)14-29-22)30-19-7-6-16(12-27-19)24(33)26-8-5-9-34-4/h6-7,10-14H,5,8-9H2,1,3-4H3,(H,26,33)(H,27,30,31). The molecule has 4 aromatic rings. The van der Waals surface area contributed by atoms with Crippen molar-refractivity contribution in [2.45, 2.75) is 13.3 Å². The van der Waals surface area contributed by atoms with E-state index < -0.39 is 0 Å². The Labute approximate surface area is 202 Å². The molecule has 0 saturated carbocycles. The van der Waals surface area contributed by atoms with Gasteiger partial charge in [-0.05, 0) is 37.1 Å². The maximum atomic E-state index is 12.3. The first-order chi connectivity index (χ1) is 17.0. The molecule has 0 bridgehead atoms. The average Bonchev–Trinajstić information content (AvgIpc) is 3.24. The minimum atomic E-state index is -0.194. The third-order valence-electron chi connectivity index (χ3n) is 5.12. The molecule has 0 fully saturated rings. The number of aryl methyl sites for hydroxylation is 2. The summed E-state index contributed by atoms with van der Waals surface area (Å²) in [6.45, 7) is 10.1. The number of fused-ring (bicyclic) bond motifs is 1. The Bertz CT molecular complexity index is 1390. The summed E-state index contributed by atoms with van der Waals surface area (Å²) in [5.74, 6) is 1.46. The van der Waals surface area contributed by atoms with Gasteiger partial charge in [-0.25, -0.2) is 9.97 Å². The van der Waals surface area contributed by atoms with Crippen molar-refractivity contribution >= 4 is 34.4 Å². The highest BCUT2D eigenvalue weighted by molar-refractivity contribution is 5.94. The summed E-state index contributed by atoms with van der Waals surface area (Å²) in [6.07, 6.45) is 5.41. The summed E-state index contributed by atoms with van der Waals surface area (Å²) in [6, 6.07) is 6.79. The third kappa shape index (κ3) is 5.51. The minimum Gasteiger partial charge on any atom is -0.435 e. The number of hydrogen-bond acceptors (Lipinski definition) is 8. The zero-order chi connectivity index (χ0) is 24.8. The summed E-state index contributed by atoms with van der Waals surface area (Å²) in [5.41, 5.74) is 3.12. The van der Waals surface area contributed by atoms with Gasteiger partial charge in [-0.15, -0.1) is 4.98 Å². The first kappa shape index (κ1) is 23.6. The molecule has 0 aliphatic heterocycles. The molecule has 0 unspecified atom stereocenters. The molecule has 11 heteroatoms. The Morgan fingerprint density at radius 2 is 2.06 bits per heavy atom. The summed E-state index contributed by atoms with van der Waals surface area (Å²) in [4.78, 5) is 33.0. The van der Waals surface area contributed by atoms with Crippen molar-refractivity contribution in [3.63, 3.8) is 0 Å². The van der Waals surface area contributed by atoms with Crippen molar-refractivity contribution in [2.24, 2.45) is 7.05 Å². The van der Waals surface area contributed by atoms with Crippen molar-refractivity contribution in [3.05, 3.63) is 65.5 Å². The van der Waals surface area contributed by atoms with E-state index in [4.69, 9.17) is 16.0 Å². The topological polar surface area (TPSA) is 120 Å². The van der Waals surface area contributed by atoms with Gasteiger partial charge in [-0.3, -0.25) is 4.79 Å². The van der Waals surface area contributed by atoms with E-state index in [1.807, 2.05) is 14.0 Å². The highest BCUT2D eigenvalue weighted by atomic mass is 16.5. The molecule has 178 valence electrons. The second-order valence-corrected chi connectivity index (χ2v) is 7.72. The fraction of sp³-hybridized carbons (Fsp3) is 0.250. The quantitative estimate of drug-likeness (QED) is 0.278. The van der Waals surface area contributed by atoms with Gasteiger partial charge in [-0.1, -0.05) is 6.57 Å². The maximum Gasteiger partial charge on any atom is 0.269 e. The van der Waals surface area contributed by atoms with E-state index >= 15 is 0 Å². The molecule has 1 amide bonds. The van der Waals surface area contributed by atoms with E-state index in [0.29, 0.717) is 58.8 Å². The van der Waals surface area contributed by atoms with Crippen molar-refractivity contribution in [2.75, 3.05) is 25.6 Å². The molecule has 0 aliphatic carbocycles. The molecule has 2 N–H and O–H groups in total. The third-order valence-corrected chi connectivity index (χ3v) is 5.12. The van der Waals surface area contributed by atoms with Crippen LogP contribution in [0.5, 0.6) is 11.6 Å². The number of amides is 1. The number of anilines is 2. The fourth-order valence-corrected chi connectivity index (χ4v) is 3.29. The number of nitrogens with one attached hydrogen (secondary N) is 2. The van der Waals surface area contributed by atoms with Crippen LogP contribution in [0.4, 0.5) is 17.3 Å². The SMILES string of the molecule is [C-]#[N+]c1cc(C)c(Oc2cc(Nc3ccc(C(=O)NCCCOC)cn3)c3ncn(C)c3n2)cn1. The summed E-state index contributed by atoms with van der Waals surface area (Å²) in [5, 5.41) is 6.07. The molecule has 0 aromatic carbocycles. The van der Waals surface area contributed by atoms with E-state index in [9.17, 15) is 4.79 Å². The van der Waals surface area contributed by atoms with Gasteiger partial charge in [0.2, 0.25) is 5.88 Å². The van der Waals surface area contributed by atoms with Crippen LogP contribution in [0.1, 0.15) is 22.3 Å². The number of aromatic nitrogens is 5. The predicted octanol–water partition coefficient (Wildman–Crippen LogP) is 3.92. The van der Waals surface area contributed by atoms with E-state index in [0.717, 1.165) is 12.0 Å². The molecule has 0 atom stereocenters. The van der Waals surface area contributed by atoms with Crippen molar-refractivity contribution < 1.29 is 14.3 Å². The number of rotatable bonds is 9. The van der Waals surface area contributed by atoms with Crippen LogP contribution in [0.25, 0.3) is 16.0 Å².